The Morgan fingerprint density at radius 2 is 1.86 bits per heavy atom. The summed E-state index contributed by atoms with van der Waals surface area (Å²) in [5.41, 5.74) is 0.459. The molecule has 0 bridgehead atoms. The lowest BCUT2D eigenvalue weighted by atomic mass is 9.94. The van der Waals surface area contributed by atoms with Gasteiger partial charge in [-0.15, -0.1) is 0 Å². The Morgan fingerprint density at radius 3 is 2.36 bits per heavy atom. The molecule has 0 aliphatic heterocycles. The van der Waals surface area contributed by atoms with Crippen LogP contribution in [0.3, 0.4) is 0 Å². The van der Waals surface area contributed by atoms with Crippen molar-refractivity contribution < 1.29 is 19.5 Å². The predicted octanol–water partition coefficient (Wildman–Crippen LogP) is 2.22. The van der Waals surface area contributed by atoms with Crippen LogP contribution in [-0.4, -0.2) is 40.8 Å². The van der Waals surface area contributed by atoms with Crippen LogP contribution in [0.15, 0.2) is 30.3 Å². The highest BCUT2D eigenvalue weighted by molar-refractivity contribution is 7.98. The molecule has 0 aromatic heterocycles. The van der Waals surface area contributed by atoms with Crippen LogP contribution in [0.5, 0.6) is 0 Å². The molecule has 2 unspecified atom stereocenters. The number of carboxylic acid groups (broad SMARTS) is 1. The number of rotatable bonds is 9. The number of amides is 1. The van der Waals surface area contributed by atoms with Crippen molar-refractivity contribution in [1.82, 2.24) is 5.32 Å². The zero-order chi connectivity index (χ0) is 16.5. The van der Waals surface area contributed by atoms with Gasteiger partial charge in [0.2, 0.25) is 5.91 Å². The number of hydrogen-bond donors (Lipinski definition) is 2. The highest BCUT2D eigenvalue weighted by atomic mass is 32.2. The predicted molar refractivity (Wildman–Crippen MR) is 87.1 cm³/mol. The van der Waals surface area contributed by atoms with Gasteiger partial charge in [0.15, 0.2) is 5.78 Å². The molecular weight excluding hydrogens is 302 g/mol. The van der Waals surface area contributed by atoms with Gasteiger partial charge in [0.05, 0.1) is 0 Å². The molecule has 0 spiro atoms. The summed E-state index contributed by atoms with van der Waals surface area (Å²) in [6.45, 7) is 1.74. The maximum absolute atomic E-state index is 12.4. The van der Waals surface area contributed by atoms with Crippen molar-refractivity contribution in [3.05, 3.63) is 35.9 Å². The highest BCUT2D eigenvalue weighted by Gasteiger charge is 2.29. The molecule has 120 valence electrons. The van der Waals surface area contributed by atoms with Gasteiger partial charge in [0.1, 0.15) is 12.0 Å². The van der Waals surface area contributed by atoms with E-state index in [4.69, 9.17) is 5.11 Å². The quantitative estimate of drug-likeness (QED) is 0.538. The number of Topliss-reactive ketones (excluding diaryl/α,β-unsaturated/α-hetero) is 1. The van der Waals surface area contributed by atoms with Gasteiger partial charge in [0, 0.05) is 5.56 Å². The van der Waals surface area contributed by atoms with Gasteiger partial charge in [-0.05, 0) is 24.9 Å². The Morgan fingerprint density at radius 1 is 1.23 bits per heavy atom. The third kappa shape index (κ3) is 5.18. The first-order valence-corrected chi connectivity index (χ1v) is 8.52. The number of aliphatic carboxylic acids is 1. The van der Waals surface area contributed by atoms with E-state index in [0.29, 0.717) is 24.2 Å². The Bertz CT molecular complexity index is 518. The van der Waals surface area contributed by atoms with Crippen molar-refractivity contribution in [3.8, 4) is 0 Å². The summed E-state index contributed by atoms with van der Waals surface area (Å²) in [5, 5.41) is 11.6. The summed E-state index contributed by atoms with van der Waals surface area (Å²) >= 11 is 1.51. The minimum atomic E-state index is -1.08. The standard InChI is InChI=1S/C16H21NO4S/c1-3-12(14(18)11-7-5-4-6-8-11)15(19)17-13(16(20)21)9-10-22-2/h4-8,12-13H,3,9-10H2,1-2H3,(H,17,19)(H,20,21). The Labute approximate surface area is 134 Å². The van der Waals surface area contributed by atoms with E-state index in [9.17, 15) is 14.4 Å². The zero-order valence-corrected chi connectivity index (χ0v) is 13.6. The van der Waals surface area contributed by atoms with Crippen molar-refractivity contribution in [3.63, 3.8) is 0 Å². The van der Waals surface area contributed by atoms with E-state index in [2.05, 4.69) is 5.32 Å². The van der Waals surface area contributed by atoms with Crippen LogP contribution in [0.4, 0.5) is 0 Å². The minimum absolute atomic E-state index is 0.283. The summed E-state index contributed by atoms with van der Waals surface area (Å²) in [5.74, 6) is -2.12. The van der Waals surface area contributed by atoms with Crippen molar-refractivity contribution in [2.75, 3.05) is 12.0 Å². The van der Waals surface area contributed by atoms with E-state index >= 15 is 0 Å². The first kappa shape index (κ1) is 18.2. The monoisotopic (exact) mass is 323 g/mol. The number of hydrogen-bond acceptors (Lipinski definition) is 4. The average Bonchev–Trinajstić information content (AvgIpc) is 2.52. The van der Waals surface area contributed by atoms with Gasteiger partial charge in [-0.3, -0.25) is 9.59 Å². The summed E-state index contributed by atoms with van der Waals surface area (Å²) in [6.07, 6.45) is 2.53. The molecule has 0 heterocycles. The van der Waals surface area contributed by atoms with Gasteiger partial charge < -0.3 is 10.4 Å². The second kappa shape index (κ2) is 9.25. The molecule has 6 heteroatoms. The van der Waals surface area contributed by atoms with Gasteiger partial charge in [-0.25, -0.2) is 4.79 Å². The van der Waals surface area contributed by atoms with E-state index in [0.717, 1.165) is 0 Å². The van der Waals surface area contributed by atoms with Crippen LogP contribution in [0.2, 0.25) is 0 Å². The van der Waals surface area contributed by atoms with Crippen molar-refractivity contribution in [1.29, 1.82) is 0 Å². The van der Waals surface area contributed by atoms with Crippen LogP contribution in [0, 0.1) is 5.92 Å². The summed E-state index contributed by atoms with van der Waals surface area (Å²) in [6, 6.07) is 7.60. The fourth-order valence-corrected chi connectivity index (χ4v) is 2.53. The van der Waals surface area contributed by atoms with Gasteiger partial charge in [-0.2, -0.15) is 11.8 Å². The molecule has 1 aromatic carbocycles. The first-order chi connectivity index (χ1) is 10.5. The van der Waals surface area contributed by atoms with E-state index in [1.54, 1.807) is 37.3 Å². The second-order valence-corrected chi connectivity index (χ2v) is 5.86. The minimum Gasteiger partial charge on any atom is -0.480 e. The fourth-order valence-electron chi connectivity index (χ4n) is 2.06. The number of carboxylic acids is 1. The lowest BCUT2D eigenvalue weighted by molar-refractivity contribution is -0.142. The topological polar surface area (TPSA) is 83.5 Å². The van der Waals surface area contributed by atoms with Crippen LogP contribution < -0.4 is 5.32 Å². The van der Waals surface area contributed by atoms with Crippen LogP contribution in [0.25, 0.3) is 0 Å². The van der Waals surface area contributed by atoms with Crippen LogP contribution in [-0.2, 0) is 9.59 Å². The maximum Gasteiger partial charge on any atom is 0.326 e. The zero-order valence-electron chi connectivity index (χ0n) is 12.7. The Kier molecular flexibility index (Phi) is 7.66. The van der Waals surface area contributed by atoms with Crippen LogP contribution in [0.1, 0.15) is 30.1 Å². The Balaban J connectivity index is 2.79. The Hall–Kier alpha value is -1.82. The largest absolute Gasteiger partial charge is 0.480 e. The van der Waals surface area contributed by atoms with Crippen molar-refractivity contribution in [2.24, 2.45) is 5.92 Å². The molecule has 0 saturated carbocycles. The van der Waals surface area contributed by atoms with Crippen molar-refractivity contribution >= 4 is 29.4 Å². The number of carbonyl (C=O) groups is 3. The van der Waals surface area contributed by atoms with Crippen molar-refractivity contribution in [2.45, 2.75) is 25.8 Å². The summed E-state index contributed by atoms with van der Waals surface area (Å²) in [7, 11) is 0. The van der Waals surface area contributed by atoms with Crippen LogP contribution >= 0.6 is 11.8 Å². The lowest BCUT2D eigenvalue weighted by Gasteiger charge is -2.18. The van der Waals surface area contributed by atoms with Gasteiger partial charge in [0.25, 0.3) is 0 Å². The molecule has 0 fully saturated rings. The van der Waals surface area contributed by atoms with E-state index < -0.39 is 23.8 Å². The van der Waals surface area contributed by atoms with E-state index in [-0.39, 0.29) is 5.78 Å². The molecule has 1 rings (SSSR count). The normalized spacial score (nSPS) is 13.2. The molecule has 5 nitrogen and oxygen atoms in total. The average molecular weight is 323 g/mol. The first-order valence-electron chi connectivity index (χ1n) is 7.12. The molecule has 2 atom stereocenters. The highest BCUT2D eigenvalue weighted by Crippen LogP contribution is 2.13. The third-order valence-electron chi connectivity index (χ3n) is 3.32. The molecule has 0 aliphatic rings. The molecular formula is C16H21NO4S. The summed E-state index contributed by atoms with van der Waals surface area (Å²) in [4.78, 5) is 35.8. The van der Waals surface area contributed by atoms with Gasteiger partial charge >= 0.3 is 5.97 Å². The smallest absolute Gasteiger partial charge is 0.326 e. The van der Waals surface area contributed by atoms with E-state index in [1.165, 1.54) is 11.8 Å². The molecule has 0 saturated heterocycles. The maximum atomic E-state index is 12.4. The summed E-state index contributed by atoms with van der Waals surface area (Å²) < 4.78 is 0. The lowest BCUT2D eigenvalue weighted by Crippen LogP contribution is -2.45. The number of ketones is 1. The fraction of sp³-hybridized carbons (Fsp3) is 0.438. The number of carbonyl (C=O) groups excluding carboxylic acids is 2. The second-order valence-electron chi connectivity index (χ2n) is 4.87. The number of thioether (sulfide) groups is 1. The molecule has 1 aromatic rings. The third-order valence-corrected chi connectivity index (χ3v) is 3.97. The molecule has 2 N–H and O–H groups in total. The van der Waals surface area contributed by atoms with Gasteiger partial charge in [-0.1, -0.05) is 37.3 Å². The molecule has 0 radical (unpaired) electrons. The molecule has 1 amide bonds. The molecule has 22 heavy (non-hydrogen) atoms. The van der Waals surface area contributed by atoms with E-state index in [1.807, 2.05) is 6.26 Å². The number of benzene rings is 1. The molecule has 0 aliphatic carbocycles. The number of nitrogens with one attached hydrogen (secondary N) is 1. The SMILES string of the molecule is CCC(C(=O)NC(CCSC)C(=O)O)C(=O)c1ccccc1.